The van der Waals surface area contributed by atoms with Gasteiger partial charge in [-0.15, -0.1) is 0 Å². The van der Waals surface area contributed by atoms with Crippen LogP contribution in [0.5, 0.6) is 11.5 Å². The molecule has 0 aliphatic heterocycles. The summed E-state index contributed by atoms with van der Waals surface area (Å²) in [6.45, 7) is 4.79. The van der Waals surface area contributed by atoms with Gasteiger partial charge in [-0.3, -0.25) is 4.79 Å². The summed E-state index contributed by atoms with van der Waals surface area (Å²) >= 11 is 0. The van der Waals surface area contributed by atoms with E-state index in [1.807, 2.05) is 26.0 Å². The Bertz CT molecular complexity index is 709. The van der Waals surface area contributed by atoms with Crippen molar-refractivity contribution in [2.75, 3.05) is 18.5 Å². The van der Waals surface area contributed by atoms with Gasteiger partial charge in [-0.2, -0.15) is 5.26 Å². The van der Waals surface area contributed by atoms with Crippen LogP contribution in [0.3, 0.4) is 0 Å². The van der Waals surface area contributed by atoms with Crippen LogP contribution in [0.2, 0.25) is 0 Å². The number of carbonyl (C=O) groups excluding carboxylic acids is 1. The molecule has 2 rings (SSSR count). The van der Waals surface area contributed by atoms with Gasteiger partial charge in [-0.1, -0.05) is 12.1 Å². The van der Waals surface area contributed by atoms with Crippen LogP contribution >= 0.6 is 0 Å². The second-order valence-corrected chi connectivity index (χ2v) is 5.05. The Morgan fingerprint density at radius 2 is 1.62 bits per heavy atom. The molecule has 0 fully saturated rings. The van der Waals surface area contributed by atoms with Crippen LogP contribution in [0.25, 0.3) is 0 Å². The third-order valence-corrected chi connectivity index (χ3v) is 3.26. The van der Waals surface area contributed by atoms with E-state index >= 15 is 0 Å². The molecule has 1 amide bonds. The van der Waals surface area contributed by atoms with Gasteiger partial charge in [0.1, 0.15) is 11.5 Å². The predicted octanol–water partition coefficient (Wildman–Crippen LogP) is 3.80. The molecule has 0 heterocycles. The summed E-state index contributed by atoms with van der Waals surface area (Å²) in [7, 11) is 0. The Labute approximate surface area is 141 Å². The van der Waals surface area contributed by atoms with Crippen molar-refractivity contribution >= 4 is 11.6 Å². The zero-order chi connectivity index (χ0) is 17.4. The Morgan fingerprint density at radius 3 is 2.12 bits per heavy atom. The van der Waals surface area contributed by atoms with Gasteiger partial charge >= 0.3 is 0 Å². The SMILES string of the molecule is CCOc1cc(OCC)cc(C(=O)Nc2ccc(CC#N)cc2)c1. The number of hydrogen-bond acceptors (Lipinski definition) is 4. The topological polar surface area (TPSA) is 71.3 Å². The normalized spacial score (nSPS) is 9.88. The first-order valence-corrected chi connectivity index (χ1v) is 7.84. The van der Waals surface area contributed by atoms with Gasteiger partial charge in [0.25, 0.3) is 5.91 Å². The zero-order valence-electron chi connectivity index (χ0n) is 13.8. The number of nitrogens with zero attached hydrogens (tertiary/aromatic N) is 1. The molecule has 0 aliphatic rings. The molecule has 2 aromatic carbocycles. The smallest absolute Gasteiger partial charge is 0.255 e. The molecule has 0 unspecified atom stereocenters. The number of carbonyl (C=O) groups is 1. The summed E-state index contributed by atoms with van der Waals surface area (Å²) in [5.41, 5.74) is 2.04. The molecule has 0 spiro atoms. The van der Waals surface area contributed by atoms with Crippen molar-refractivity contribution in [2.45, 2.75) is 20.3 Å². The van der Waals surface area contributed by atoms with E-state index in [4.69, 9.17) is 14.7 Å². The van der Waals surface area contributed by atoms with E-state index in [-0.39, 0.29) is 5.91 Å². The fourth-order valence-corrected chi connectivity index (χ4v) is 2.20. The summed E-state index contributed by atoms with van der Waals surface area (Å²) < 4.78 is 11.0. The molecule has 0 atom stereocenters. The van der Waals surface area contributed by atoms with E-state index in [1.54, 1.807) is 30.3 Å². The molecule has 5 nitrogen and oxygen atoms in total. The van der Waals surface area contributed by atoms with Crippen LogP contribution in [0.15, 0.2) is 42.5 Å². The summed E-state index contributed by atoms with van der Waals surface area (Å²) in [5, 5.41) is 11.5. The molecule has 0 saturated heterocycles. The average Bonchev–Trinajstić information content (AvgIpc) is 2.57. The summed E-state index contributed by atoms with van der Waals surface area (Å²) in [4.78, 5) is 12.5. The monoisotopic (exact) mass is 324 g/mol. The maximum atomic E-state index is 12.5. The average molecular weight is 324 g/mol. The van der Waals surface area contributed by atoms with Crippen molar-refractivity contribution in [3.05, 3.63) is 53.6 Å². The Morgan fingerprint density at radius 1 is 1.04 bits per heavy atom. The highest BCUT2D eigenvalue weighted by Crippen LogP contribution is 2.24. The lowest BCUT2D eigenvalue weighted by Gasteiger charge is -2.11. The predicted molar refractivity (Wildman–Crippen MR) is 92.5 cm³/mol. The molecule has 0 bridgehead atoms. The van der Waals surface area contributed by atoms with E-state index in [9.17, 15) is 4.79 Å². The van der Waals surface area contributed by atoms with E-state index < -0.39 is 0 Å². The number of hydrogen-bond donors (Lipinski definition) is 1. The van der Waals surface area contributed by atoms with Crippen LogP contribution in [-0.4, -0.2) is 19.1 Å². The molecule has 0 aliphatic carbocycles. The fraction of sp³-hybridized carbons (Fsp3) is 0.263. The first-order valence-electron chi connectivity index (χ1n) is 7.84. The van der Waals surface area contributed by atoms with Gasteiger partial charge in [0.2, 0.25) is 0 Å². The lowest BCUT2D eigenvalue weighted by Crippen LogP contribution is -2.12. The molecular weight excluding hydrogens is 304 g/mol. The number of rotatable bonds is 7. The van der Waals surface area contributed by atoms with Crippen LogP contribution in [0.4, 0.5) is 5.69 Å². The molecule has 124 valence electrons. The maximum Gasteiger partial charge on any atom is 0.255 e. The second kappa shape index (κ2) is 8.59. The number of anilines is 1. The molecule has 5 heteroatoms. The van der Waals surface area contributed by atoms with E-state index in [0.717, 1.165) is 5.56 Å². The first kappa shape index (κ1) is 17.4. The van der Waals surface area contributed by atoms with E-state index in [2.05, 4.69) is 11.4 Å². The minimum Gasteiger partial charge on any atom is -0.494 e. The number of amides is 1. The van der Waals surface area contributed by atoms with E-state index in [1.165, 1.54) is 0 Å². The third-order valence-electron chi connectivity index (χ3n) is 3.26. The highest BCUT2D eigenvalue weighted by atomic mass is 16.5. The van der Waals surface area contributed by atoms with Crippen molar-refractivity contribution in [3.8, 4) is 17.6 Å². The standard InChI is InChI=1S/C19H20N2O3/c1-3-23-17-11-15(12-18(13-17)24-4-2)19(22)21-16-7-5-14(6-8-16)9-10-20/h5-8,11-13H,3-4,9H2,1-2H3,(H,21,22). The molecular formula is C19H20N2O3. The summed E-state index contributed by atoms with van der Waals surface area (Å²) in [6.07, 6.45) is 0.350. The van der Waals surface area contributed by atoms with Gasteiger partial charge in [-0.05, 0) is 43.7 Å². The minimum atomic E-state index is -0.245. The molecule has 0 radical (unpaired) electrons. The summed E-state index contributed by atoms with van der Waals surface area (Å²) in [6, 6.07) is 14.4. The quantitative estimate of drug-likeness (QED) is 0.841. The Hall–Kier alpha value is -3.00. The first-order chi connectivity index (χ1) is 11.7. The molecule has 2 aromatic rings. The number of nitrogens with one attached hydrogen (secondary N) is 1. The molecule has 0 aromatic heterocycles. The van der Waals surface area contributed by atoms with Gasteiger partial charge in [0.05, 0.1) is 25.7 Å². The van der Waals surface area contributed by atoms with Gasteiger partial charge in [0, 0.05) is 17.3 Å². The van der Waals surface area contributed by atoms with Crippen molar-refractivity contribution < 1.29 is 14.3 Å². The number of nitriles is 1. The van der Waals surface area contributed by atoms with Crippen LogP contribution in [0.1, 0.15) is 29.8 Å². The van der Waals surface area contributed by atoms with Crippen molar-refractivity contribution in [1.82, 2.24) is 0 Å². The fourth-order valence-electron chi connectivity index (χ4n) is 2.20. The van der Waals surface area contributed by atoms with Gasteiger partial charge in [-0.25, -0.2) is 0 Å². The molecule has 0 saturated carbocycles. The largest absolute Gasteiger partial charge is 0.494 e. The number of ether oxygens (including phenoxy) is 2. The van der Waals surface area contributed by atoms with Crippen LogP contribution < -0.4 is 14.8 Å². The maximum absolute atomic E-state index is 12.5. The highest BCUT2D eigenvalue weighted by molar-refractivity contribution is 6.04. The molecule has 1 N–H and O–H groups in total. The highest BCUT2D eigenvalue weighted by Gasteiger charge is 2.11. The van der Waals surface area contributed by atoms with Crippen LogP contribution in [-0.2, 0) is 6.42 Å². The van der Waals surface area contributed by atoms with Crippen LogP contribution in [0, 0.1) is 11.3 Å². The number of benzene rings is 2. The van der Waals surface area contributed by atoms with Gasteiger partial charge < -0.3 is 14.8 Å². The van der Waals surface area contributed by atoms with Crippen molar-refractivity contribution in [1.29, 1.82) is 5.26 Å². The second-order valence-electron chi connectivity index (χ2n) is 5.05. The van der Waals surface area contributed by atoms with E-state index in [0.29, 0.717) is 42.4 Å². The zero-order valence-corrected chi connectivity index (χ0v) is 13.8. The third kappa shape index (κ3) is 4.75. The lowest BCUT2D eigenvalue weighted by molar-refractivity contribution is 0.102. The summed E-state index contributed by atoms with van der Waals surface area (Å²) in [5.74, 6) is 0.946. The van der Waals surface area contributed by atoms with Crippen molar-refractivity contribution in [2.24, 2.45) is 0 Å². The Balaban J connectivity index is 2.17. The minimum absolute atomic E-state index is 0.245. The van der Waals surface area contributed by atoms with Gasteiger partial charge in [0.15, 0.2) is 0 Å². The molecule has 24 heavy (non-hydrogen) atoms. The lowest BCUT2D eigenvalue weighted by atomic mass is 10.1. The Kier molecular flexibility index (Phi) is 6.21. The van der Waals surface area contributed by atoms with Crippen molar-refractivity contribution in [3.63, 3.8) is 0 Å².